The minimum absolute atomic E-state index is 0.0179. The topological polar surface area (TPSA) is 63.2 Å². The number of carbonyl (C=O) groups is 3. The third-order valence-electron chi connectivity index (χ3n) is 3.54. The zero-order valence-corrected chi connectivity index (χ0v) is 11.4. The molecule has 0 bridgehead atoms. The van der Waals surface area contributed by atoms with Crippen molar-refractivity contribution in [3.8, 4) is 0 Å². The summed E-state index contributed by atoms with van der Waals surface area (Å²) in [6.07, 6.45) is 2.29. The monoisotopic (exact) mass is 273 g/mol. The predicted octanol–water partition coefficient (Wildman–Crippen LogP) is 1.93. The highest BCUT2D eigenvalue weighted by molar-refractivity contribution is 6.03. The van der Waals surface area contributed by atoms with Gasteiger partial charge in [-0.25, -0.2) is 0 Å². The molecule has 1 fully saturated rings. The summed E-state index contributed by atoms with van der Waals surface area (Å²) in [6.45, 7) is 0.628. The molecule has 20 heavy (non-hydrogen) atoms. The van der Waals surface area contributed by atoms with Gasteiger partial charge >= 0.3 is 0 Å². The Hall–Kier alpha value is -1.81. The second-order valence-electron chi connectivity index (χ2n) is 5.12. The maximum Gasteiger partial charge on any atom is 0.162 e. The van der Waals surface area contributed by atoms with E-state index in [1.54, 1.807) is 0 Å². The summed E-state index contributed by atoms with van der Waals surface area (Å²) >= 11 is 0. The summed E-state index contributed by atoms with van der Waals surface area (Å²) in [5, 5.41) is 3.14. The Labute approximate surface area is 118 Å². The third kappa shape index (κ3) is 4.10. The standard InChI is InChI=1S/C16H19NO3/c18-13-8-9-14(16(20)11-13)17-10-4-7-15(19)12-5-2-1-3-6-12/h1-3,5-6,14,17H,4,7-11H2. The molecule has 2 rings (SSSR count). The number of hydrogen-bond acceptors (Lipinski definition) is 4. The summed E-state index contributed by atoms with van der Waals surface area (Å²) in [6, 6.07) is 9.00. The quantitative estimate of drug-likeness (QED) is 0.489. The summed E-state index contributed by atoms with van der Waals surface area (Å²) in [4.78, 5) is 34.6. The molecule has 4 heteroatoms. The Kier molecular flexibility index (Phi) is 5.18. The van der Waals surface area contributed by atoms with Gasteiger partial charge in [0.1, 0.15) is 5.78 Å². The van der Waals surface area contributed by atoms with Crippen molar-refractivity contribution in [3.63, 3.8) is 0 Å². The number of hydrogen-bond donors (Lipinski definition) is 1. The van der Waals surface area contributed by atoms with Crippen LogP contribution in [-0.2, 0) is 9.59 Å². The van der Waals surface area contributed by atoms with Crippen LogP contribution in [0.1, 0.15) is 42.5 Å². The SMILES string of the molecule is O=C1CCC(NCCCC(=O)c2ccccc2)C(=O)C1. The van der Waals surface area contributed by atoms with Crippen LogP contribution >= 0.6 is 0 Å². The Morgan fingerprint density at radius 1 is 1.20 bits per heavy atom. The van der Waals surface area contributed by atoms with Gasteiger partial charge in [-0.05, 0) is 19.4 Å². The summed E-state index contributed by atoms with van der Waals surface area (Å²) in [5.74, 6) is 0.139. The Balaban J connectivity index is 1.68. The number of rotatable bonds is 6. The first kappa shape index (κ1) is 14.6. The predicted molar refractivity (Wildman–Crippen MR) is 75.7 cm³/mol. The average Bonchev–Trinajstić information content (AvgIpc) is 2.46. The second kappa shape index (κ2) is 7.10. The maximum atomic E-state index is 11.9. The molecule has 0 aromatic heterocycles. The fraction of sp³-hybridized carbons (Fsp3) is 0.438. The van der Waals surface area contributed by atoms with Gasteiger partial charge in [-0.1, -0.05) is 30.3 Å². The molecular formula is C16H19NO3. The third-order valence-corrected chi connectivity index (χ3v) is 3.54. The van der Waals surface area contributed by atoms with Gasteiger partial charge in [-0.2, -0.15) is 0 Å². The zero-order valence-electron chi connectivity index (χ0n) is 11.4. The van der Waals surface area contributed by atoms with E-state index in [9.17, 15) is 14.4 Å². The van der Waals surface area contributed by atoms with Crippen molar-refractivity contribution in [3.05, 3.63) is 35.9 Å². The van der Waals surface area contributed by atoms with Crippen LogP contribution in [0.25, 0.3) is 0 Å². The van der Waals surface area contributed by atoms with Gasteiger partial charge in [0.2, 0.25) is 0 Å². The highest BCUT2D eigenvalue weighted by Crippen LogP contribution is 2.12. The molecule has 0 aliphatic heterocycles. The fourth-order valence-electron chi connectivity index (χ4n) is 2.38. The summed E-state index contributed by atoms with van der Waals surface area (Å²) in [7, 11) is 0. The van der Waals surface area contributed by atoms with Crippen LogP contribution in [0.2, 0.25) is 0 Å². The van der Waals surface area contributed by atoms with E-state index in [2.05, 4.69) is 5.32 Å². The van der Waals surface area contributed by atoms with Crippen LogP contribution in [-0.4, -0.2) is 29.9 Å². The molecule has 1 N–H and O–H groups in total. The lowest BCUT2D eigenvalue weighted by Gasteiger charge is -2.20. The lowest BCUT2D eigenvalue weighted by Crippen LogP contribution is -2.41. The van der Waals surface area contributed by atoms with Gasteiger partial charge in [-0.3, -0.25) is 14.4 Å². The first-order valence-corrected chi connectivity index (χ1v) is 7.03. The molecule has 1 aromatic carbocycles. The number of nitrogens with one attached hydrogen (secondary N) is 1. The molecule has 1 unspecified atom stereocenters. The van der Waals surface area contributed by atoms with E-state index >= 15 is 0 Å². The highest BCUT2D eigenvalue weighted by atomic mass is 16.2. The number of carbonyl (C=O) groups excluding carboxylic acids is 3. The zero-order chi connectivity index (χ0) is 14.4. The van der Waals surface area contributed by atoms with Crippen molar-refractivity contribution in [2.75, 3.05) is 6.54 Å². The number of Topliss-reactive ketones (excluding diaryl/α,β-unsaturated/α-hetero) is 3. The Bertz CT molecular complexity index is 496. The van der Waals surface area contributed by atoms with Gasteiger partial charge in [-0.15, -0.1) is 0 Å². The van der Waals surface area contributed by atoms with Crippen molar-refractivity contribution in [1.29, 1.82) is 0 Å². The summed E-state index contributed by atoms with van der Waals surface area (Å²) in [5.41, 5.74) is 0.729. The van der Waals surface area contributed by atoms with Crippen LogP contribution in [0.5, 0.6) is 0 Å². The number of benzene rings is 1. The second-order valence-corrected chi connectivity index (χ2v) is 5.12. The largest absolute Gasteiger partial charge is 0.307 e. The lowest BCUT2D eigenvalue weighted by atomic mass is 9.93. The molecule has 1 saturated carbocycles. The molecule has 0 saturated heterocycles. The number of ketones is 3. The highest BCUT2D eigenvalue weighted by Gasteiger charge is 2.26. The molecule has 0 amide bonds. The van der Waals surface area contributed by atoms with E-state index in [1.807, 2.05) is 30.3 Å². The van der Waals surface area contributed by atoms with Gasteiger partial charge in [0.25, 0.3) is 0 Å². The molecule has 1 aliphatic carbocycles. The molecular weight excluding hydrogens is 254 g/mol. The van der Waals surface area contributed by atoms with Crippen molar-refractivity contribution in [1.82, 2.24) is 5.32 Å². The molecule has 1 aliphatic rings. The molecule has 106 valence electrons. The summed E-state index contributed by atoms with van der Waals surface area (Å²) < 4.78 is 0. The van der Waals surface area contributed by atoms with E-state index in [-0.39, 0.29) is 29.8 Å². The van der Waals surface area contributed by atoms with Crippen molar-refractivity contribution >= 4 is 17.3 Å². The van der Waals surface area contributed by atoms with Crippen LogP contribution in [0.15, 0.2) is 30.3 Å². The van der Waals surface area contributed by atoms with Crippen molar-refractivity contribution < 1.29 is 14.4 Å². The molecule has 0 heterocycles. The van der Waals surface area contributed by atoms with E-state index in [4.69, 9.17) is 0 Å². The minimum Gasteiger partial charge on any atom is -0.307 e. The molecule has 1 aromatic rings. The van der Waals surface area contributed by atoms with Gasteiger partial charge in [0.15, 0.2) is 11.6 Å². The maximum absolute atomic E-state index is 11.9. The normalized spacial score (nSPS) is 19.1. The fourth-order valence-corrected chi connectivity index (χ4v) is 2.38. The Morgan fingerprint density at radius 2 is 1.95 bits per heavy atom. The first-order chi connectivity index (χ1) is 9.66. The van der Waals surface area contributed by atoms with E-state index < -0.39 is 0 Å². The molecule has 1 atom stereocenters. The molecule has 0 radical (unpaired) electrons. The smallest absolute Gasteiger partial charge is 0.162 e. The average molecular weight is 273 g/mol. The molecule has 0 spiro atoms. The van der Waals surface area contributed by atoms with Crippen LogP contribution in [0.3, 0.4) is 0 Å². The molecule has 4 nitrogen and oxygen atoms in total. The van der Waals surface area contributed by atoms with Crippen LogP contribution in [0.4, 0.5) is 0 Å². The minimum atomic E-state index is -0.209. The lowest BCUT2D eigenvalue weighted by molar-refractivity contribution is -0.131. The van der Waals surface area contributed by atoms with Gasteiger partial charge in [0.05, 0.1) is 12.5 Å². The van der Waals surface area contributed by atoms with E-state index in [0.29, 0.717) is 32.2 Å². The first-order valence-electron chi connectivity index (χ1n) is 7.03. The van der Waals surface area contributed by atoms with Gasteiger partial charge < -0.3 is 5.32 Å². The van der Waals surface area contributed by atoms with E-state index in [0.717, 1.165) is 5.56 Å². The van der Waals surface area contributed by atoms with Crippen molar-refractivity contribution in [2.45, 2.75) is 38.1 Å². The van der Waals surface area contributed by atoms with Crippen LogP contribution < -0.4 is 5.32 Å². The van der Waals surface area contributed by atoms with E-state index in [1.165, 1.54) is 0 Å². The van der Waals surface area contributed by atoms with Crippen molar-refractivity contribution in [2.24, 2.45) is 0 Å². The Morgan fingerprint density at radius 3 is 2.65 bits per heavy atom. The van der Waals surface area contributed by atoms with Gasteiger partial charge in [0, 0.05) is 18.4 Å². The van der Waals surface area contributed by atoms with Crippen LogP contribution in [0, 0.1) is 0 Å².